The van der Waals surface area contributed by atoms with Crippen LogP contribution in [0.25, 0.3) is 11.0 Å². The highest BCUT2D eigenvalue weighted by Crippen LogP contribution is 2.12. The lowest BCUT2D eigenvalue weighted by Gasteiger charge is -2.14. The van der Waals surface area contributed by atoms with Crippen LogP contribution in [0.4, 0.5) is 0 Å². The van der Waals surface area contributed by atoms with Gasteiger partial charge in [0.05, 0.1) is 11.0 Å². The van der Waals surface area contributed by atoms with Gasteiger partial charge in [0, 0.05) is 12.6 Å². The molecule has 0 aliphatic heterocycles. The number of amides is 1. The van der Waals surface area contributed by atoms with Gasteiger partial charge in [-0.2, -0.15) is 0 Å². The van der Waals surface area contributed by atoms with Gasteiger partial charge in [-0.05, 0) is 32.4 Å². The second-order valence-corrected chi connectivity index (χ2v) is 6.42. The van der Waals surface area contributed by atoms with E-state index in [9.17, 15) is 9.59 Å². The van der Waals surface area contributed by atoms with E-state index in [0.29, 0.717) is 6.54 Å². The van der Waals surface area contributed by atoms with Gasteiger partial charge >= 0.3 is 5.69 Å². The largest absolute Gasteiger partial charge is 0.352 e. The van der Waals surface area contributed by atoms with Crippen molar-refractivity contribution in [2.75, 3.05) is 0 Å². The van der Waals surface area contributed by atoms with E-state index in [1.165, 1.54) is 19.3 Å². The maximum absolute atomic E-state index is 12.5. The summed E-state index contributed by atoms with van der Waals surface area (Å²) in [5.41, 5.74) is 1.57. The van der Waals surface area contributed by atoms with Gasteiger partial charge in [0.15, 0.2) is 0 Å². The molecule has 1 unspecified atom stereocenters. The van der Waals surface area contributed by atoms with Crippen molar-refractivity contribution in [3.05, 3.63) is 34.7 Å². The number of nitrogens with zero attached hydrogens (tertiary/aromatic N) is 2. The molecule has 2 aromatic rings. The van der Waals surface area contributed by atoms with Crippen molar-refractivity contribution in [2.24, 2.45) is 0 Å². The van der Waals surface area contributed by atoms with E-state index < -0.39 is 0 Å². The average Bonchev–Trinajstić information content (AvgIpc) is 2.83. The van der Waals surface area contributed by atoms with Crippen LogP contribution in [0.3, 0.4) is 0 Å². The van der Waals surface area contributed by atoms with E-state index in [2.05, 4.69) is 12.2 Å². The smallest absolute Gasteiger partial charge is 0.329 e. The van der Waals surface area contributed by atoms with Crippen molar-refractivity contribution in [3.63, 3.8) is 0 Å². The lowest BCUT2D eigenvalue weighted by Crippen LogP contribution is -2.37. The summed E-state index contributed by atoms with van der Waals surface area (Å²) in [6.07, 6.45) is 5.78. The van der Waals surface area contributed by atoms with Crippen LogP contribution in [-0.4, -0.2) is 21.1 Å². The molecule has 0 saturated heterocycles. The number of fused-ring (bicyclic) bond motifs is 1. The molecule has 0 bridgehead atoms. The Morgan fingerprint density at radius 3 is 2.38 bits per heavy atom. The predicted molar refractivity (Wildman–Crippen MR) is 98.2 cm³/mol. The summed E-state index contributed by atoms with van der Waals surface area (Å²) >= 11 is 0. The van der Waals surface area contributed by atoms with Gasteiger partial charge < -0.3 is 5.32 Å². The summed E-state index contributed by atoms with van der Waals surface area (Å²) in [4.78, 5) is 24.9. The van der Waals surface area contributed by atoms with Gasteiger partial charge in [-0.1, -0.05) is 44.7 Å². The van der Waals surface area contributed by atoms with E-state index in [1.54, 1.807) is 9.13 Å². The Balaban J connectivity index is 2.03. The van der Waals surface area contributed by atoms with E-state index in [0.717, 1.165) is 23.9 Å². The Morgan fingerprint density at radius 1 is 1.08 bits per heavy atom. The van der Waals surface area contributed by atoms with E-state index in [4.69, 9.17) is 0 Å². The molecule has 1 N–H and O–H groups in total. The normalized spacial score (nSPS) is 12.5. The first kappa shape index (κ1) is 18.3. The van der Waals surface area contributed by atoms with Crippen LogP contribution in [0, 0.1) is 0 Å². The third-order valence-corrected chi connectivity index (χ3v) is 4.44. The zero-order valence-corrected chi connectivity index (χ0v) is 15.0. The monoisotopic (exact) mass is 331 g/mol. The molecule has 1 amide bonds. The molecule has 0 aliphatic carbocycles. The van der Waals surface area contributed by atoms with Crippen LogP contribution in [0.15, 0.2) is 29.1 Å². The number of imidazole rings is 1. The number of unbranched alkanes of at least 4 members (excludes halogenated alkanes) is 3. The number of hydrogen-bond donors (Lipinski definition) is 1. The molecule has 1 atom stereocenters. The molecule has 132 valence electrons. The molecule has 24 heavy (non-hydrogen) atoms. The van der Waals surface area contributed by atoms with E-state index in [-0.39, 0.29) is 24.2 Å². The van der Waals surface area contributed by atoms with Crippen molar-refractivity contribution < 1.29 is 4.79 Å². The Labute approximate surface area is 143 Å². The van der Waals surface area contributed by atoms with Gasteiger partial charge in [0.25, 0.3) is 0 Å². The fourth-order valence-electron chi connectivity index (χ4n) is 3.14. The number of nitrogens with one attached hydrogen (secondary N) is 1. The summed E-state index contributed by atoms with van der Waals surface area (Å²) in [5, 5.41) is 3.02. The van der Waals surface area contributed by atoms with Gasteiger partial charge in [0.1, 0.15) is 6.54 Å². The predicted octanol–water partition coefficient (Wildman–Crippen LogP) is 3.30. The number of aromatic nitrogens is 2. The van der Waals surface area contributed by atoms with Crippen molar-refractivity contribution in [1.82, 2.24) is 14.5 Å². The van der Waals surface area contributed by atoms with E-state index >= 15 is 0 Å². The summed E-state index contributed by atoms with van der Waals surface area (Å²) in [5.74, 6) is -0.0981. The molecular formula is C19H29N3O2. The summed E-state index contributed by atoms with van der Waals surface area (Å²) in [6.45, 7) is 6.84. The fourth-order valence-corrected chi connectivity index (χ4v) is 3.14. The SMILES string of the molecule is CCCCCCC(C)NC(=O)Cn1c(=O)n(CC)c2ccccc21. The van der Waals surface area contributed by atoms with Crippen molar-refractivity contribution in [1.29, 1.82) is 0 Å². The quantitative estimate of drug-likeness (QED) is 0.717. The van der Waals surface area contributed by atoms with Crippen molar-refractivity contribution in [2.45, 2.75) is 72.0 Å². The minimum Gasteiger partial charge on any atom is -0.352 e. The molecule has 2 rings (SSSR count). The molecule has 5 heteroatoms. The minimum absolute atomic E-state index is 0.0750. The molecule has 1 aromatic carbocycles. The highest BCUT2D eigenvalue weighted by Gasteiger charge is 2.15. The summed E-state index contributed by atoms with van der Waals surface area (Å²) in [6, 6.07) is 7.77. The van der Waals surface area contributed by atoms with Crippen molar-refractivity contribution in [3.8, 4) is 0 Å². The molecule has 5 nitrogen and oxygen atoms in total. The fraction of sp³-hybridized carbons (Fsp3) is 0.579. The van der Waals surface area contributed by atoms with Crippen LogP contribution in [0.5, 0.6) is 0 Å². The third kappa shape index (κ3) is 4.28. The molecule has 0 radical (unpaired) electrons. The maximum Gasteiger partial charge on any atom is 0.329 e. The summed E-state index contributed by atoms with van der Waals surface area (Å²) < 4.78 is 3.27. The van der Waals surface area contributed by atoms with Crippen LogP contribution in [0.2, 0.25) is 0 Å². The number of para-hydroxylation sites is 2. The molecule has 0 saturated carbocycles. The van der Waals surface area contributed by atoms with Crippen molar-refractivity contribution >= 4 is 16.9 Å². The number of carbonyl (C=O) groups is 1. The molecule has 0 fully saturated rings. The first-order valence-corrected chi connectivity index (χ1v) is 9.05. The molecule has 1 aromatic heterocycles. The van der Waals surface area contributed by atoms with Crippen LogP contribution in [0.1, 0.15) is 52.9 Å². The third-order valence-electron chi connectivity index (χ3n) is 4.44. The first-order valence-electron chi connectivity index (χ1n) is 9.05. The minimum atomic E-state index is -0.121. The number of hydrogen-bond acceptors (Lipinski definition) is 2. The van der Waals surface area contributed by atoms with Gasteiger partial charge in [0.2, 0.25) is 5.91 Å². The zero-order chi connectivity index (χ0) is 17.5. The standard InChI is InChI=1S/C19H29N3O2/c1-4-6-7-8-11-15(3)20-18(23)14-22-17-13-10-9-12-16(17)21(5-2)19(22)24/h9-10,12-13,15H,4-8,11,14H2,1-3H3,(H,20,23). The first-order chi connectivity index (χ1) is 11.6. The highest BCUT2D eigenvalue weighted by atomic mass is 16.2. The Kier molecular flexibility index (Phi) is 6.64. The van der Waals surface area contributed by atoms with Crippen LogP contribution in [-0.2, 0) is 17.9 Å². The highest BCUT2D eigenvalue weighted by molar-refractivity contribution is 5.81. The molecule has 0 spiro atoms. The van der Waals surface area contributed by atoms with Gasteiger partial charge in [-0.3, -0.25) is 13.9 Å². The summed E-state index contributed by atoms with van der Waals surface area (Å²) in [7, 11) is 0. The molecule has 1 heterocycles. The molecular weight excluding hydrogens is 302 g/mol. The maximum atomic E-state index is 12.5. The van der Waals surface area contributed by atoms with Crippen LogP contribution >= 0.6 is 0 Å². The van der Waals surface area contributed by atoms with E-state index in [1.807, 2.05) is 38.1 Å². The number of carbonyl (C=O) groups excluding carboxylic acids is 1. The second-order valence-electron chi connectivity index (χ2n) is 6.42. The molecule has 0 aliphatic rings. The van der Waals surface area contributed by atoms with Gasteiger partial charge in [-0.15, -0.1) is 0 Å². The average molecular weight is 331 g/mol. The number of benzene rings is 1. The number of rotatable bonds is 9. The lowest BCUT2D eigenvalue weighted by molar-refractivity contribution is -0.122. The van der Waals surface area contributed by atoms with Gasteiger partial charge in [-0.25, -0.2) is 4.79 Å². The lowest BCUT2D eigenvalue weighted by atomic mass is 10.1. The number of aryl methyl sites for hydroxylation is 1. The van der Waals surface area contributed by atoms with Crippen LogP contribution < -0.4 is 11.0 Å². The Hall–Kier alpha value is -2.04. The topological polar surface area (TPSA) is 56.0 Å². The Bertz CT molecular complexity index is 730. The zero-order valence-electron chi connectivity index (χ0n) is 15.0. The Morgan fingerprint density at radius 2 is 1.75 bits per heavy atom. The second kappa shape index (κ2) is 8.71.